The number of piperazine rings is 1. The number of sulfonamides is 1. The molecule has 9 nitrogen and oxygen atoms in total. The van der Waals surface area contributed by atoms with Crippen LogP contribution in [-0.2, 0) is 10.0 Å². The summed E-state index contributed by atoms with van der Waals surface area (Å²) in [5.41, 5.74) is 3.03. The Kier molecular flexibility index (Phi) is 6.03. The number of rotatable bonds is 5. The molecular weight excluding hydrogens is 498 g/mol. The third-order valence-corrected chi connectivity index (χ3v) is 9.24. The van der Waals surface area contributed by atoms with E-state index >= 15 is 0 Å². The van der Waals surface area contributed by atoms with Crippen molar-refractivity contribution < 1.29 is 8.42 Å². The molecule has 1 fully saturated rings. The predicted molar refractivity (Wildman–Crippen MR) is 152 cm³/mol. The van der Waals surface area contributed by atoms with E-state index in [1.807, 2.05) is 44.2 Å². The molecule has 3 aliphatic heterocycles. The first-order valence-electron chi connectivity index (χ1n) is 13.0. The fourth-order valence-corrected chi connectivity index (χ4v) is 7.24. The van der Waals surface area contributed by atoms with Crippen LogP contribution in [0.4, 0.5) is 11.4 Å². The molecule has 2 unspecified atom stereocenters. The van der Waals surface area contributed by atoms with Gasteiger partial charge in [0.25, 0.3) is 10.0 Å². The van der Waals surface area contributed by atoms with Gasteiger partial charge in [-0.05, 0) is 43.3 Å². The number of benzene rings is 2. The fraction of sp³-hybridized carbons (Fsp3) is 0.357. The van der Waals surface area contributed by atoms with Crippen molar-refractivity contribution in [2.24, 2.45) is 10.4 Å². The van der Waals surface area contributed by atoms with Crippen LogP contribution in [0.2, 0.25) is 0 Å². The molecule has 3 N–H and O–H groups in total. The Labute approximate surface area is 223 Å². The summed E-state index contributed by atoms with van der Waals surface area (Å²) in [6, 6.07) is 17.7. The summed E-state index contributed by atoms with van der Waals surface area (Å²) in [7, 11) is -3.88. The van der Waals surface area contributed by atoms with Crippen LogP contribution in [0.5, 0.6) is 0 Å². The molecule has 1 aromatic heterocycles. The third kappa shape index (κ3) is 4.37. The molecule has 6 rings (SSSR count). The van der Waals surface area contributed by atoms with Crippen molar-refractivity contribution in [3.8, 4) is 0 Å². The topological polar surface area (TPSA) is 102 Å². The maximum absolute atomic E-state index is 14.0. The van der Waals surface area contributed by atoms with Gasteiger partial charge in [-0.25, -0.2) is 13.4 Å². The van der Waals surface area contributed by atoms with Gasteiger partial charge in [-0.1, -0.05) is 32.0 Å². The number of pyridine rings is 1. The van der Waals surface area contributed by atoms with E-state index in [2.05, 4.69) is 49.9 Å². The average molecular weight is 532 g/mol. The van der Waals surface area contributed by atoms with E-state index in [1.165, 1.54) is 9.99 Å². The zero-order valence-electron chi connectivity index (χ0n) is 21.8. The molecule has 10 heteroatoms. The van der Waals surface area contributed by atoms with Crippen molar-refractivity contribution in [2.75, 3.05) is 36.4 Å². The van der Waals surface area contributed by atoms with E-state index < -0.39 is 21.7 Å². The molecule has 38 heavy (non-hydrogen) atoms. The smallest absolute Gasteiger partial charge is 0.267 e. The first-order valence-corrected chi connectivity index (χ1v) is 14.4. The Morgan fingerprint density at radius 3 is 2.66 bits per heavy atom. The molecule has 0 saturated carbocycles. The number of fused-ring (bicyclic) bond motifs is 1. The van der Waals surface area contributed by atoms with Gasteiger partial charge in [-0.15, -0.1) is 0 Å². The number of hydrogen-bond donors (Lipinski definition) is 3. The lowest BCUT2D eigenvalue weighted by Gasteiger charge is -2.33. The van der Waals surface area contributed by atoms with Crippen LogP contribution in [-0.4, -0.2) is 62.4 Å². The van der Waals surface area contributed by atoms with Gasteiger partial charge in [-0.2, -0.15) is 0 Å². The Balaban J connectivity index is 1.24. The molecule has 0 radical (unpaired) electrons. The van der Waals surface area contributed by atoms with Crippen LogP contribution >= 0.6 is 0 Å². The highest BCUT2D eigenvalue weighted by Gasteiger charge is 2.45. The molecule has 0 bridgehead atoms. The monoisotopic (exact) mass is 531 g/mol. The highest BCUT2D eigenvalue weighted by atomic mass is 32.2. The minimum atomic E-state index is -3.88. The Bertz CT molecular complexity index is 1530. The molecule has 198 valence electrons. The molecule has 3 aliphatic rings. The quantitative estimate of drug-likeness (QED) is 0.464. The van der Waals surface area contributed by atoms with E-state index in [4.69, 9.17) is 0 Å². The minimum absolute atomic E-state index is 0.201. The van der Waals surface area contributed by atoms with Crippen molar-refractivity contribution in [1.82, 2.24) is 19.9 Å². The highest BCUT2D eigenvalue weighted by molar-refractivity contribution is 7.89. The summed E-state index contributed by atoms with van der Waals surface area (Å²) in [6.45, 7) is 9.52. The molecule has 3 aromatic rings. The van der Waals surface area contributed by atoms with Crippen molar-refractivity contribution in [3.63, 3.8) is 0 Å². The van der Waals surface area contributed by atoms with Crippen LogP contribution in [0.25, 0.3) is 10.9 Å². The molecule has 1 saturated heterocycles. The van der Waals surface area contributed by atoms with Gasteiger partial charge in [-0.3, -0.25) is 9.29 Å². The third-order valence-electron chi connectivity index (χ3n) is 7.47. The first kappa shape index (κ1) is 24.7. The maximum Gasteiger partial charge on any atom is 0.267 e. The lowest BCUT2D eigenvalue weighted by molar-refractivity contribution is 0.384. The summed E-state index contributed by atoms with van der Waals surface area (Å²) < 4.78 is 29.5. The second-order valence-electron chi connectivity index (χ2n) is 10.8. The predicted octanol–water partition coefficient (Wildman–Crippen LogP) is 3.34. The molecule has 0 amide bonds. The van der Waals surface area contributed by atoms with Gasteiger partial charge in [0.15, 0.2) is 6.29 Å². The van der Waals surface area contributed by atoms with E-state index in [9.17, 15) is 8.42 Å². The minimum Gasteiger partial charge on any atom is -0.369 e. The van der Waals surface area contributed by atoms with E-state index in [0.29, 0.717) is 23.9 Å². The lowest BCUT2D eigenvalue weighted by atomic mass is 9.87. The van der Waals surface area contributed by atoms with Crippen LogP contribution in [0.1, 0.15) is 20.8 Å². The summed E-state index contributed by atoms with van der Waals surface area (Å²) in [5, 5.41) is 11.0. The number of nitrogens with one attached hydrogen (secondary N) is 3. The molecule has 2 atom stereocenters. The number of nitrogens with zero attached hydrogens (tertiary/aromatic N) is 4. The van der Waals surface area contributed by atoms with Gasteiger partial charge in [0.2, 0.25) is 0 Å². The van der Waals surface area contributed by atoms with Crippen molar-refractivity contribution in [3.05, 3.63) is 72.2 Å². The maximum atomic E-state index is 14.0. The van der Waals surface area contributed by atoms with E-state index in [1.54, 1.807) is 24.5 Å². The highest BCUT2D eigenvalue weighted by Crippen LogP contribution is 2.41. The van der Waals surface area contributed by atoms with E-state index in [-0.39, 0.29) is 4.90 Å². The van der Waals surface area contributed by atoms with Crippen LogP contribution in [0, 0.1) is 5.41 Å². The number of anilines is 2. The SMILES string of the molecule is CC1CN(c2ccc(NC3N=CC4=C(N3)N(S(=O)(=O)c3cccc5cccnc35)CC4(C)C)cc2)CCN1. The van der Waals surface area contributed by atoms with E-state index in [0.717, 1.165) is 36.3 Å². The summed E-state index contributed by atoms with van der Waals surface area (Å²) in [4.78, 5) is 11.6. The second-order valence-corrected chi connectivity index (χ2v) is 12.6. The van der Waals surface area contributed by atoms with Crippen LogP contribution in [0.15, 0.2) is 82.1 Å². The largest absolute Gasteiger partial charge is 0.369 e. The van der Waals surface area contributed by atoms with Crippen LogP contribution in [0.3, 0.4) is 0 Å². The van der Waals surface area contributed by atoms with Crippen molar-refractivity contribution >= 4 is 38.5 Å². The van der Waals surface area contributed by atoms with Gasteiger partial charge >= 0.3 is 0 Å². The zero-order valence-corrected chi connectivity index (χ0v) is 22.7. The molecule has 0 aliphatic carbocycles. The number of hydrogen-bond acceptors (Lipinski definition) is 8. The lowest BCUT2D eigenvalue weighted by Crippen LogP contribution is -2.49. The average Bonchev–Trinajstić information content (AvgIpc) is 3.19. The normalized spacial score (nSPS) is 22.9. The Hall–Kier alpha value is -3.63. The molecule has 0 spiro atoms. The van der Waals surface area contributed by atoms with Crippen molar-refractivity contribution in [1.29, 1.82) is 0 Å². The van der Waals surface area contributed by atoms with Gasteiger partial charge in [0, 0.05) is 72.4 Å². The van der Waals surface area contributed by atoms with Gasteiger partial charge in [0.05, 0.1) is 5.52 Å². The molecular formula is C28H33N7O2S. The number of aliphatic imine (C=N–C) groups is 1. The van der Waals surface area contributed by atoms with Gasteiger partial charge < -0.3 is 20.9 Å². The van der Waals surface area contributed by atoms with Gasteiger partial charge in [0.1, 0.15) is 10.7 Å². The first-order chi connectivity index (χ1) is 18.2. The number of para-hydroxylation sites is 1. The zero-order chi connectivity index (χ0) is 26.5. The molecule has 2 aromatic carbocycles. The molecule has 4 heterocycles. The second kappa shape index (κ2) is 9.28. The Morgan fingerprint density at radius 1 is 1.08 bits per heavy atom. The Morgan fingerprint density at radius 2 is 1.87 bits per heavy atom. The standard InChI is InChI=1S/C28H33N7O2S/c1-19-17-34(15-14-29-19)22-11-9-21(10-12-22)32-27-31-16-23-26(33-27)35(18-28(23,2)3)38(36,37)24-8-4-6-20-7-5-13-30-25(20)24/h4-13,16,19,27,29,32-33H,14-15,17-18H2,1-3H3. The summed E-state index contributed by atoms with van der Waals surface area (Å²) in [5.74, 6) is 0.557. The number of aromatic nitrogens is 1. The fourth-order valence-electron chi connectivity index (χ4n) is 5.45. The van der Waals surface area contributed by atoms with Crippen molar-refractivity contribution in [2.45, 2.75) is 38.0 Å². The summed E-state index contributed by atoms with van der Waals surface area (Å²) >= 11 is 0. The summed E-state index contributed by atoms with van der Waals surface area (Å²) in [6.07, 6.45) is 2.92. The van der Waals surface area contributed by atoms with Crippen LogP contribution < -0.4 is 20.9 Å².